The second kappa shape index (κ2) is 26.1. The van der Waals surface area contributed by atoms with E-state index >= 15 is 0 Å². The van der Waals surface area contributed by atoms with Gasteiger partial charge in [0.25, 0.3) is 6.71 Å². The van der Waals surface area contributed by atoms with Gasteiger partial charge < -0.3 is 23.5 Å². The van der Waals surface area contributed by atoms with E-state index in [4.69, 9.17) is 2.74 Å². The zero-order valence-corrected chi connectivity index (χ0v) is 64.9. The first kappa shape index (κ1) is 56.7. The van der Waals surface area contributed by atoms with Crippen molar-refractivity contribution in [1.82, 2.24) is 13.7 Å². The molecule has 0 fully saturated rings. The van der Waals surface area contributed by atoms with Crippen LogP contribution in [0.4, 0.5) is 34.1 Å². The lowest BCUT2D eigenvalue weighted by atomic mass is 9.33. The highest BCUT2D eigenvalue weighted by molar-refractivity contribution is 7.00. The van der Waals surface area contributed by atoms with E-state index < -0.39 is 55.1 Å². The third kappa shape index (κ3) is 11.1. The highest BCUT2D eigenvalue weighted by Crippen LogP contribution is 2.54. The maximum atomic E-state index is 10.3. The fraction of sp³-hybridized carbons (Fsp3) is 0.111. The van der Waals surface area contributed by atoms with E-state index in [1.165, 1.54) is 0 Å². The molecule has 21 rings (SSSR count). The predicted octanol–water partition coefficient (Wildman–Crippen LogP) is 27.3. The Bertz CT molecular complexity index is 7590. The first-order chi connectivity index (χ1) is 60.4. The van der Waals surface area contributed by atoms with Crippen molar-refractivity contribution in [2.24, 2.45) is 0 Å². The summed E-state index contributed by atoms with van der Waals surface area (Å²) in [5.74, 6) is 0. The summed E-state index contributed by atoms with van der Waals surface area (Å²) >= 11 is 0. The van der Waals surface area contributed by atoms with E-state index in [2.05, 4.69) is 289 Å². The van der Waals surface area contributed by atoms with E-state index in [9.17, 15) is 13.7 Å². The van der Waals surface area contributed by atoms with Crippen molar-refractivity contribution in [1.29, 1.82) is 0 Å². The summed E-state index contributed by atoms with van der Waals surface area (Å²) in [6, 6.07) is 95.7. The molecule has 5 nitrogen and oxygen atoms in total. The molecule has 19 aromatic rings. The first-order valence-electron chi connectivity index (χ1n) is 45.3. The molecule has 0 amide bonds. The Kier molecular flexibility index (Phi) is 13.0. The number of nitrogens with zero attached hydrogens (tertiary/aromatic N) is 5. The number of anilines is 6. The van der Waals surface area contributed by atoms with E-state index in [0.717, 1.165) is 145 Å². The SMILES string of the molecule is [2H]c1c([2H])c([2H])c2c(c1[2H])c1cc(-n3c4ccccc4c4ccccc43)ccc1n2-c1ccc2c(c1)N(c1c(-c3ccccc3)cc(C(C)(C)C)cc1-c1ccccc1)c1cc(-c3cc(C(C)(C)C)cc(C(C)(C)C)c3)cc3c1B2c1ccc(-n2c4c([2H])c([2H])c([2H])c([2H])c4c4c([2H])c([2H])c([2H])c([2H])c42)cc1N3c1cc(-c2ccccc2)cc(-c2ccccc2)c1. The van der Waals surface area contributed by atoms with E-state index in [0.29, 0.717) is 38.9 Å². The summed E-state index contributed by atoms with van der Waals surface area (Å²) in [5.41, 5.74) is 23.9. The summed E-state index contributed by atoms with van der Waals surface area (Å²) < 4.78 is 122. The Balaban J connectivity index is 0.957. The molecule has 2 aliphatic rings. The standard InChI is InChI=1S/C108H86BN5/c1-106(2,3)77-57-75(58-78(63-77)107(4,5)6)76-61-102-104-103(62-76)114(105-89(71-36-18-12-19-37-71)64-79(108(7,8)9)65-90(105)72-38-20-13-21-39-72)101-68-82(112-98-49-31-26-44-88(98)91-66-80(52-55-99(91)112)110-94-45-27-22-40-84(94)85-41-23-28-46-95(85)110)51-54-93(101)109(104)92-53-50-81(111-96-47-29-24-42-86(96)87-43-25-30-48-97(87)111)67-100(92)113(102)83-59-73(69-32-14-10-15-33-69)56-74(60-83)70-34-16-11-17-35-70/h10-68H,1-9H3/i24D,25D,26D,29D,30D,31D,42D,43D,44D,47D,48D,49D. The quantitative estimate of drug-likeness (QED) is 0.127. The number of hydrogen-bond donors (Lipinski definition) is 0. The molecule has 114 heavy (non-hydrogen) atoms. The van der Waals surface area contributed by atoms with Crippen molar-refractivity contribution in [2.45, 2.75) is 78.6 Å². The number of para-hydroxylation sites is 5. The number of rotatable bonds is 10. The van der Waals surface area contributed by atoms with Crippen LogP contribution in [0.3, 0.4) is 0 Å². The minimum Gasteiger partial charge on any atom is -0.311 e. The van der Waals surface area contributed by atoms with Crippen molar-refractivity contribution in [3.05, 3.63) is 374 Å². The second-order valence-electron chi connectivity index (χ2n) is 33.6. The number of benzene rings is 16. The highest BCUT2D eigenvalue weighted by atomic mass is 15.2. The van der Waals surface area contributed by atoms with Gasteiger partial charge >= 0.3 is 0 Å². The average Bonchev–Trinajstić information content (AvgIpc) is 1.07. The van der Waals surface area contributed by atoms with Crippen LogP contribution in [-0.2, 0) is 16.2 Å². The molecular formula is C108H86BN5. The van der Waals surface area contributed by atoms with Gasteiger partial charge in [-0.2, -0.15) is 0 Å². The first-order valence-corrected chi connectivity index (χ1v) is 39.3. The lowest BCUT2D eigenvalue weighted by Gasteiger charge is -2.45. The van der Waals surface area contributed by atoms with E-state index in [1.54, 1.807) is 4.57 Å². The zero-order valence-electron chi connectivity index (χ0n) is 76.9. The smallest absolute Gasteiger partial charge is 0.252 e. The Morgan fingerprint density at radius 1 is 0.246 bits per heavy atom. The summed E-state index contributed by atoms with van der Waals surface area (Å²) in [6.45, 7) is 19.7. The van der Waals surface area contributed by atoms with Gasteiger partial charge in [-0.25, -0.2) is 0 Å². The van der Waals surface area contributed by atoms with Crippen molar-refractivity contribution in [3.8, 4) is 72.7 Å². The van der Waals surface area contributed by atoms with Crippen LogP contribution < -0.4 is 26.2 Å². The third-order valence-corrected chi connectivity index (χ3v) is 23.6. The van der Waals surface area contributed by atoms with Crippen LogP contribution in [-0.4, -0.2) is 20.4 Å². The lowest BCUT2D eigenvalue weighted by molar-refractivity contribution is 0.569. The summed E-state index contributed by atoms with van der Waals surface area (Å²) in [4.78, 5) is 4.84. The fourth-order valence-corrected chi connectivity index (χ4v) is 17.9. The van der Waals surface area contributed by atoms with E-state index in [-0.39, 0.29) is 62.2 Å². The molecule has 0 atom stereocenters. The summed E-state index contributed by atoms with van der Waals surface area (Å²) in [7, 11) is 0. The summed E-state index contributed by atoms with van der Waals surface area (Å²) in [5, 5.41) is 3.08. The number of hydrogen-bond acceptors (Lipinski definition) is 2. The van der Waals surface area contributed by atoms with Gasteiger partial charge in [-0.15, -0.1) is 0 Å². The maximum Gasteiger partial charge on any atom is 0.252 e. The molecule has 0 radical (unpaired) electrons. The Morgan fingerprint density at radius 3 is 1.09 bits per heavy atom. The van der Waals surface area contributed by atoms with Crippen LogP contribution in [0.1, 0.15) is 95.5 Å². The van der Waals surface area contributed by atoms with Gasteiger partial charge in [0.1, 0.15) is 0 Å². The van der Waals surface area contributed by atoms with Crippen LogP contribution >= 0.6 is 0 Å². The molecule has 3 aromatic heterocycles. The van der Waals surface area contributed by atoms with Crippen LogP contribution in [0.2, 0.25) is 0 Å². The van der Waals surface area contributed by atoms with Crippen LogP contribution in [0.5, 0.6) is 0 Å². The van der Waals surface area contributed by atoms with Gasteiger partial charge in [0.05, 0.1) is 55.2 Å². The molecule has 0 N–H and O–H groups in total. The van der Waals surface area contributed by atoms with Crippen molar-refractivity contribution in [2.75, 3.05) is 9.80 Å². The molecule has 6 heteroatoms. The molecule has 2 aliphatic heterocycles. The second-order valence-corrected chi connectivity index (χ2v) is 33.6. The van der Waals surface area contributed by atoms with Gasteiger partial charge in [0, 0.05) is 88.9 Å². The Morgan fingerprint density at radius 2 is 0.605 bits per heavy atom. The van der Waals surface area contributed by atoms with Gasteiger partial charge in [-0.05, 0) is 209 Å². The topological polar surface area (TPSA) is 21.3 Å². The Labute approximate surface area is 684 Å². The Hall–Kier alpha value is -13.4. The van der Waals surface area contributed by atoms with Gasteiger partial charge in [-0.1, -0.05) is 305 Å². The van der Waals surface area contributed by atoms with Crippen LogP contribution in [0.25, 0.3) is 138 Å². The minimum atomic E-state index is -0.673. The van der Waals surface area contributed by atoms with Gasteiger partial charge in [0.2, 0.25) is 0 Å². The molecule has 16 aromatic carbocycles. The highest BCUT2D eigenvalue weighted by Gasteiger charge is 2.46. The molecule has 0 spiro atoms. The fourth-order valence-electron chi connectivity index (χ4n) is 17.9. The summed E-state index contributed by atoms with van der Waals surface area (Å²) in [6.07, 6.45) is 0. The normalized spacial score (nSPS) is 14.4. The zero-order chi connectivity index (χ0) is 87.5. The van der Waals surface area contributed by atoms with Gasteiger partial charge in [0.15, 0.2) is 0 Å². The number of fused-ring (bicyclic) bond motifs is 13. The molecule has 0 saturated carbocycles. The largest absolute Gasteiger partial charge is 0.311 e. The monoisotopic (exact) mass is 1480 g/mol. The minimum absolute atomic E-state index is 0.00828. The van der Waals surface area contributed by atoms with Crippen molar-refractivity contribution < 1.29 is 16.4 Å². The van der Waals surface area contributed by atoms with Gasteiger partial charge in [-0.3, -0.25) is 0 Å². The third-order valence-electron chi connectivity index (χ3n) is 23.6. The van der Waals surface area contributed by atoms with Crippen LogP contribution in [0.15, 0.2) is 358 Å². The van der Waals surface area contributed by atoms with Crippen molar-refractivity contribution >= 4 is 123 Å². The predicted molar refractivity (Wildman–Crippen MR) is 487 cm³/mol. The molecule has 546 valence electrons. The lowest BCUT2D eigenvalue weighted by Crippen LogP contribution is -2.61. The molecule has 5 heterocycles. The average molecular weight is 1480 g/mol. The molecule has 0 aliphatic carbocycles. The molecule has 0 bridgehead atoms. The van der Waals surface area contributed by atoms with Crippen LogP contribution in [0, 0.1) is 0 Å². The molecule has 0 saturated heterocycles. The van der Waals surface area contributed by atoms with Crippen molar-refractivity contribution in [3.63, 3.8) is 0 Å². The molecular weight excluding hydrogens is 1380 g/mol. The molecule has 0 unspecified atom stereocenters. The maximum absolute atomic E-state index is 10.3. The number of aromatic nitrogens is 3. The van der Waals surface area contributed by atoms with E-state index in [1.807, 2.05) is 77.4 Å².